The third-order valence-electron chi connectivity index (χ3n) is 2.93. The van der Waals surface area contributed by atoms with E-state index in [1.165, 1.54) is 0 Å². The molecule has 1 aliphatic rings. The number of carboxylic acids is 1. The van der Waals surface area contributed by atoms with Crippen LogP contribution in [0.15, 0.2) is 0 Å². The Bertz CT molecular complexity index is 165. The highest BCUT2D eigenvalue weighted by Gasteiger charge is 2.43. The van der Waals surface area contributed by atoms with Crippen LogP contribution in [0, 0.1) is 5.92 Å². The van der Waals surface area contributed by atoms with Crippen molar-refractivity contribution < 1.29 is 9.90 Å². The summed E-state index contributed by atoms with van der Waals surface area (Å²) in [7, 11) is 1.85. The summed E-state index contributed by atoms with van der Waals surface area (Å²) in [6.07, 6.45) is 2.40. The predicted molar refractivity (Wildman–Crippen MR) is 42.4 cm³/mol. The topological polar surface area (TPSA) is 49.3 Å². The Balaban J connectivity index is 2.54. The quantitative estimate of drug-likeness (QED) is 0.638. The minimum absolute atomic E-state index is 0.105. The lowest BCUT2D eigenvalue weighted by atomic mass is 9.66. The third kappa shape index (κ3) is 1.38. The maximum Gasteiger partial charge on any atom is 0.305 e. The molecule has 1 aliphatic carbocycles. The van der Waals surface area contributed by atoms with E-state index in [4.69, 9.17) is 5.11 Å². The first-order valence-corrected chi connectivity index (χ1v) is 4.01. The van der Waals surface area contributed by atoms with Gasteiger partial charge in [-0.1, -0.05) is 6.92 Å². The van der Waals surface area contributed by atoms with Gasteiger partial charge in [-0.2, -0.15) is 0 Å². The summed E-state index contributed by atoms with van der Waals surface area (Å²) >= 11 is 0. The molecule has 3 heteroatoms. The van der Waals surface area contributed by atoms with Gasteiger partial charge < -0.3 is 10.4 Å². The summed E-state index contributed by atoms with van der Waals surface area (Å²) in [6.45, 7) is 2.10. The fraction of sp³-hybridized carbons (Fsp3) is 0.875. The van der Waals surface area contributed by atoms with Crippen molar-refractivity contribution in [2.24, 2.45) is 5.92 Å². The van der Waals surface area contributed by atoms with Gasteiger partial charge in [-0.3, -0.25) is 4.79 Å². The molecule has 0 saturated heterocycles. The highest BCUT2D eigenvalue weighted by molar-refractivity contribution is 5.68. The molecule has 0 aromatic carbocycles. The van der Waals surface area contributed by atoms with Crippen LogP contribution >= 0.6 is 0 Å². The molecule has 0 amide bonds. The van der Waals surface area contributed by atoms with E-state index >= 15 is 0 Å². The highest BCUT2D eigenvalue weighted by Crippen LogP contribution is 2.40. The molecule has 2 N–H and O–H groups in total. The van der Waals surface area contributed by atoms with Crippen LogP contribution in [0.25, 0.3) is 0 Å². The molecule has 1 rings (SSSR count). The Labute approximate surface area is 66.8 Å². The molecule has 64 valence electrons. The van der Waals surface area contributed by atoms with E-state index in [0.29, 0.717) is 5.92 Å². The van der Waals surface area contributed by atoms with Gasteiger partial charge in [0, 0.05) is 5.54 Å². The molecule has 0 heterocycles. The summed E-state index contributed by atoms with van der Waals surface area (Å²) in [5.74, 6) is -0.200. The fourth-order valence-corrected chi connectivity index (χ4v) is 1.77. The first-order chi connectivity index (χ1) is 5.10. The lowest BCUT2D eigenvalue weighted by Gasteiger charge is -2.47. The zero-order valence-electron chi connectivity index (χ0n) is 7.05. The Hall–Kier alpha value is -0.570. The van der Waals surface area contributed by atoms with Gasteiger partial charge >= 0.3 is 5.97 Å². The van der Waals surface area contributed by atoms with Crippen molar-refractivity contribution in [1.29, 1.82) is 0 Å². The molecule has 1 fully saturated rings. The van der Waals surface area contributed by atoms with E-state index in [0.717, 1.165) is 12.8 Å². The molecule has 0 aromatic rings. The van der Waals surface area contributed by atoms with Crippen molar-refractivity contribution in [2.75, 3.05) is 7.05 Å². The van der Waals surface area contributed by atoms with Crippen molar-refractivity contribution in [1.82, 2.24) is 5.32 Å². The molecular weight excluding hydrogens is 142 g/mol. The van der Waals surface area contributed by atoms with Gasteiger partial charge in [0.05, 0.1) is 6.42 Å². The van der Waals surface area contributed by atoms with Gasteiger partial charge in [0.1, 0.15) is 0 Å². The Morgan fingerprint density at radius 3 is 2.55 bits per heavy atom. The maximum atomic E-state index is 10.5. The van der Waals surface area contributed by atoms with E-state index in [1.807, 2.05) is 7.05 Å². The molecule has 1 saturated carbocycles. The summed E-state index contributed by atoms with van der Waals surface area (Å²) < 4.78 is 0. The van der Waals surface area contributed by atoms with E-state index in [9.17, 15) is 4.79 Å². The second-order valence-electron chi connectivity index (χ2n) is 3.42. The summed E-state index contributed by atoms with van der Waals surface area (Å²) in [5, 5.41) is 11.7. The number of aliphatic carboxylic acids is 1. The van der Waals surface area contributed by atoms with Crippen LogP contribution in [0.4, 0.5) is 0 Å². The standard InChI is InChI=1S/C8H15NO2/c1-6-3-4-8(6,9-2)5-7(10)11/h6,9H,3-5H2,1-2H3,(H,10,11). The third-order valence-corrected chi connectivity index (χ3v) is 2.93. The van der Waals surface area contributed by atoms with Gasteiger partial charge in [-0.15, -0.1) is 0 Å². The van der Waals surface area contributed by atoms with Crippen molar-refractivity contribution in [2.45, 2.75) is 31.7 Å². The monoisotopic (exact) mass is 157 g/mol. The molecular formula is C8H15NO2. The molecule has 0 radical (unpaired) electrons. The molecule has 11 heavy (non-hydrogen) atoms. The van der Waals surface area contributed by atoms with E-state index in [1.54, 1.807) is 0 Å². The first kappa shape index (κ1) is 8.53. The lowest BCUT2D eigenvalue weighted by molar-refractivity contribution is -0.140. The smallest absolute Gasteiger partial charge is 0.305 e. The first-order valence-electron chi connectivity index (χ1n) is 4.01. The van der Waals surface area contributed by atoms with Gasteiger partial charge in [0.15, 0.2) is 0 Å². The van der Waals surface area contributed by atoms with Gasteiger partial charge in [-0.25, -0.2) is 0 Å². The van der Waals surface area contributed by atoms with Crippen LogP contribution in [-0.4, -0.2) is 23.7 Å². The molecule has 2 atom stereocenters. The number of carbonyl (C=O) groups is 1. The van der Waals surface area contributed by atoms with Gasteiger partial charge in [0.25, 0.3) is 0 Å². The van der Waals surface area contributed by atoms with E-state index < -0.39 is 5.97 Å². The average molecular weight is 157 g/mol. The SMILES string of the molecule is CNC1(CC(=O)O)CCC1C. The Morgan fingerprint density at radius 2 is 2.45 bits per heavy atom. The van der Waals surface area contributed by atoms with Crippen LogP contribution in [0.1, 0.15) is 26.2 Å². The highest BCUT2D eigenvalue weighted by atomic mass is 16.4. The average Bonchev–Trinajstić information content (AvgIpc) is 1.96. The summed E-state index contributed by atoms with van der Waals surface area (Å²) in [6, 6.07) is 0. The minimum Gasteiger partial charge on any atom is -0.481 e. The minimum atomic E-state index is -0.703. The van der Waals surface area contributed by atoms with Crippen LogP contribution in [0.5, 0.6) is 0 Å². The second-order valence-corrected chi connectivity index (χ2v) is 3.42. The predicted octanol–water partition coefficient (Wildman–Crippen LogP) is 0.849. The Morgan fingerprint density at radius 1 is 1.82 bits per heavy atom. The summed E-state index contributed by atoms with van der Waals surface area (Å²) in [4.78, 5) is 10.5. The number of hydrogen-bond acceptors (Lipinski definition) is 2. The number of carboxylic acid groups (broad SMARTS) is 1. The molecule has 0 spiro atoms. The number of hydrogen-bond donors (Lipinski definition) is 2. The van der Waals surface area contributed by atoms with Crippen LogP contribution in [-0.2, 0) is 4.79 Å². The van der Waals surface area contributed by atoms with Crippen LogP contribution in [0.3, 0.4) is 0 Å². The van der Waals surface area contributed by atoms with Crippen molar-refractivity contribution in [3.05, 3.63) is 0 Å². The normalized spacial score (nSPS) is 36.4. The second kappa shape index (κ2) is 2.81. The van der Waals surface area contributed by atoms with E-state index in [-0.39, 0.29) is 12.0 Å². The molecule has 3 nitrogen and oxygen atoms in total. The molecule has 2 unspecified atom stereocenters. The fourth-order valence-electron chi connectivity index (χ4n) is 1.77. The maximum absolute atomic E-state index is 10.5. The molecule has 0 bridgehead atoms. The van der Waals surface area contributed by atoms with Crippen LogP contribution in [0.2, 0.25) is 0 Å². The zero-order valence-corrected chi connectivity index (χ0v) is 7.05. The zero-order chi connectivity index (χ0) is 8.48. The molecule has 0 aliphatic heterocycles. The Kier molecular flexibility index (Phi) is 2.18. The summed E-state index contributed by atoms with van der Waals surface area (Å²) in [5.41, 5.74) is -0.105. The number of rotatable bonds is 3. The largest absolute Gasteiger partial charge is 0.481 e. The number of nitrogens with one attached hydrogen (secondary N) is 1. The van der Waals surface area contributed by atoms with Gasteiger partial charge in [0.2, 0.25) is 0 Å². The van der Waals surface area contributed by atoms with Crippen molar-refractivity contribution in [3.63, 3.8) is 0 Å². The van der Waals surface area contributed by atoms with Crippen molar-refractivity contribution >= 4 is 5.97 Å². The van der Waals surface area contributed by atoms with Crippen LogP contribution < -0.4 is 5.32 Å². The lowest BCUT2D eigenvalue weighted by Crippen LogP contribution is -2.56. The van der Waals surface area contributed by atoms with Gasteiger partial charge in [-0.05, 0) is 25.8 Å². The molecule has 0 aromatic heterocycles. The van der Waals surface area contributed by atoms with E-state index in [2.05, 4.69) is 12.2 Å². The van der Waals surface area contributed by atoms with Crippen molar-refractivity contribution in [3.8, 4) is 0 Å².